The number of nitrogens with one attached hydrogen (secondary N) is 1. The van der Waals surface area contributed by atoms with Crippen LogP contribution in [0.3, 0.4) is 0 Å². The third-order valence-corrected chi connectivity index (χ3v) is 2.48. The van der Waals surface area contributed by atoms with E-state index < -0.39 is 11.9 Å². The summed E-state index contributed by atoms with van der Waals surface area (Å²) in [6.07, 6.45) is 1.77. The van der Waals surface area contributed by atoms with Gasteiger partial charge in [0.2, 0.25) is 0 Å². The molecule has 0 radical (unpaired) electrons. The van der Waals surface area contributed by atoms with E-state index >= 15 is 0 Å². The molecule has 104 valence electrons. The zero-order valence-corrected chi connectivity index (χ0v) is 10.8. The minimum atomic E-state index is -1.05. The van der Waals surface area contributed by atoms with E-state index in [-0.39, 0.29) is 12.1 Å². The van der Waals surface area contributed by atoms with Gasteiger partial charge >= 0.3 is 11.9 Å². The summed E-state index contributed by atoms with van der Waals surface area (Å²) in [5, 5.41) is 11.6. The highest BCUT2D eigenvalue weighted by Gasteiger charge is 2.08. The highest BCUT2D eigenvalue weighted by molar-refractivity contribution is 5.91. The van der Waals surface area contributed by atoms with Gasteiger partial charge in [0, 0.05) is 0 Å². The lowest BCUT2D eigenvalue weighted by Crippen LogP contribution is -2.18. The van der Waals surface area contributed by atoms with Crippen LogP contribution in [0.5, 0.6) is 0 Å². The van der Waals surface area contributed by atoms with Crippen LogP contribution < -0.4 is 11.1 Å². The summed E-state index contributed by atoms with van der Waals surface area (Å²) in [6, 6.07) is 4.27. The first-order valence-electron chi connectivity index (χ1n) is 6.07. The number of carboxylic acid groups (broad SMARTS) is 1. The van der Waals surface area contributed by atoms with E-state index in [0.717, 1.165) is 12.8 Å². The fraction of sp³-hybridized carbons (Fsp3) is 0.385. The van der Waals surface area contributed by atoms with Gasteiger partial charge in [-0.3, -0.25) is 4.79 Å². The highest BCUT2D eigenvalue weighted by atomic mass is 16.5. The van der Waals surface area contributed by atoms with Crippen molar-refractivity contribution in [2.75, 3.05) is 24.2 Å². The number of nitrogen functional groups attached to an aromatic ring is 1. The normalized spacial score (nSPS) is 9.95. The molecule has 0 atom stereocenters. The Morgan fingerprint density at radius 1 is 1.42 bits per heavy atom. The first-order valence-corrected chi connectivity index (χ1v) is 6.07. The second kappa shape index (κ2) is 7.25. The minimum Gasteiger partial charge on any atom is -0.478 e. The quantitative estimate of drug-likeness (QED) is 0.394. The van der Waals surface area contributed by atoms with E-state index in [9.17, 15) is 9.59 Å². The summed E-state index contributed by atoms with van der Waals surface area (Å²) in [5.74, 6) is -1.44. The van der Waals surface area contributed by atoms with Crippen molar-refractivity contribution in [2.24, 2.45) is 0 Å². The summed E-state index contributed by atoms with van der Waals surface area (Å²) in [4.78, 5) is 22.2. The number of carbonyl (C=O) groups is 2. The molecule has 0 heterocycles. The number of ether oxygens (including phenoxy) is 1. The van der Waals surface area contributed by atoms with Crippen LogP contribution in [0.2, 0.25) is 0 Å². The van der Waals surface area contributed by atoms with Crippen LogP contribution in [0, 0.1) is 0 Å². The molecule has 1 aromatic rings. The van der Waals surface area contributed by atoms with E-state index in [4.69, 9.17) is 15.6 Å². The largest absolute Gasteiger partial charge is 0.478 e. The average molecular weight is 266 g/mol. The number of benzene rings is 1. The Morgan fingerprint density at radius 3 is 2.79 bits per heavy atom. The van der Waals surface area contributed by atoms with Crippen LogP contribution in [-0.2, 0) is 9.53 Å². The number of carboxylic acids is 1. The number of anilines is 2. The maximum atomic E-state index is 11.4. The van der Waals surface area contributed by atoms with Crippen molar-refractivity contribution in [3.05, 3.63) is 23.8 Å². The van der Waals surface area contributed by atoms with Gasteiger partial charge < -0.3 is 20.9 Å². The van der Waals surface area contributed by atoms with Crippen LogP contribution in [0.1, 0.15) is 30.1 Å². The van der Waals surface area contributed by atoms with Crippen molar-refractivity contribution in [3.8, 4) is 0 Å². The number of carbonyl (C=O) groups excluding carboxylic acids is 1. The van der Waals surface area contributed by atoms with Crippen molar-refractivity contribution < 1.29 is 19.4 Å². The zero-order chi connectivity index (χ0) is 14.3. The Morgan fingerprint density at radius 2 is 2.16 bits per heavy atom. The van der Waals surface area contributed by atoms with Gasteiger partial charge in [-0.25, -0.2) is 4.79 Å². The van der Waals surface area contributed by atoms with Crippen LogP contribution in [0.25, 0.3) is 0 Å². The molecule has 0 amide bonds. The SMILES string of the molecule is CCCCOC(=O)CNc1cc(C(=O)O)ccc1N. The second-order valence-corrected chi connectivity index (χ2v) is 4.03. The Balaban J connectivity index is 2.54. The van der Waals surface area contributed by atoms with E-state index in [1.807, 2.05) is 6.92 Å². The summed E-state index contributed by atoms with van der Waals surface area (Å²) in [5.41, 5.74) is 6.59. The van der Waals surface area contributed by atoms with E-state index in [2.05, 4.69) is 5.32 Å². The lowest BCUT2D eigenvalue weighted by Gasteiger charge is -2.10. The van der Waals surface area contributed by atoms with Crippen molar-refractivity contribution in [1.82, 2.24) is 0 Å². The summed E-state index contributed by atoms with van der Waals surface area (Å²) < 4.78 is 4.96. The second-order valence-electron chi connectivity index (χ2n) is 4.03. The smallest absolute Gasteiger partial charge is 0.335 e. The van der Waals surface area contributed by atoms with Gasteiger partial charge in [0.15, 0.2) is 0 Å². The fourth-order valence-corrected chi connectivity index (χ4v) is 1.39. The molecule has 6 heteroatoms. The maximum absolute atomic E-state index is 11.4. The average Bonchev–Trinajstić information content (AvgIpc) is 2.37. The Hall–Kier alpha value is -2.24. The first kappa shape index (κ1) is 14.8. The van der Waals surface area contributed by atoms with Gasteiger partial charge in [-0.2, -0.15) is 0 Å². The van der Waals surface area contributed by atoms with Crippen molar-refractivity contribution in [2.45, 2.75) is 19.8 Å². The number of unbranched alkanes of at least 4 members (excludes halogenated alkanes) is 1. The number of rotatable bonds is 7. The van der Waals surface area contributed by atoms with E-state index in [0.29, 0.717) is 18.0 Å². The van der Waals surface area contributed by atoms with Gasteiger partial charge in [-0.05, 0) is 24.6 Å². The van der Waals surface area contributed by atoms with Crippen LogP contribution in [-0.4, -0.2) is 30.2 Å². The van der Waals surface area contributed by atoms with Gasteiger partial charge in [-0.15, -0.1) is 0 Å². The molecule has 4 N–H and O–H groups in total. The molecule has 0 spiro atoms. The number of hydrogen-bond acceptors (Lipinski definition) is 5. The Bertz CT molecular complexity index is 460. The highest BCUT2D eigenvalue weighted by Crippen LogP contribution is 2.19. The third kappa shape index (κ3) is 4.87. The van der Waals surface area contributed by atoms with Gasteiger partial charge in [0.1, 0.15) is 6.54 Å². The predicted molar refractivity (Wildman–Crippen MR) is 72.2 cm³/mol. The van der Waals surface area contributed by atoms with Gasteiger partial charge in [0.05, 0.1) is 23.5 Å². The molecule has 0 bridgehead atoms. The van der Waals surface area contributed by atoms with Crippen LogP contribution in [0.4, 0.5) is 11.4 Å². The van der Waals surface area contributed by atoms with Gasteiger partial charge in [0.25, 0.3) is 0 Å². The molecule has 19 heavy (non-hydrogen) atoms. The number of esters is 1. The summed E-state index contributed by atoms with van der Waals surface area (Å²) >= 11 is 0. The molecule has 0 saturated heterocycles. The fourth-order valence-electron chi connectivity index (χ4n) is 1.39. The molecule has 1 rings (SSSR count). The molecule has 0 aromatic heterocycles. The molecular formula is C13H18N2O4. The monoisotopic (exact) mass is 266 g/mol. The molecule has 0 fully saturated rings. The number of hydrogen-bond donors (Lipinski definition) is 3. The lowest BCUT2D eigenvalue weighted by molar-refractivity contribution is -0.141. The van der Waals surface area contributed by atoms with Crippen molar-refractivity contribution in [1.29, 1.82) is 0 Å². The van der Waals surface area contributed by atoms with E-state index in [1.165, 1.54) is 18.2 Å². The molecule has 1 aromatic carbocycles. The topological polar surface area (TPSA) is 102 Å². The minimum absolute atomic E-state index is 0.0447. The lowest BCUT2D eigenvalue weighted by atomic mass is 10.1. The number of nitrogens with two attached hydrogens (primary N) is 1. The number of aromatic carboxylic acids is 1. The Labute approximate surface area is 111 Å². The van der Waals surface area contributed by atoms with E-state index in [1.54, 1.807) is 0 Å². The molecule has 0 aliphatic rings. The maximum Gasteiger partial charge on any atom is 0.335 e. The van der Waals surface area contributed by atoms with Crippen molar-refractivity contribution in [3.63, 3.8) is 0 Å². The van der Waals surface area contributed by atoms with Crippen LogP contribution in [0.15, 0.2) is 18.2 Å². The predicted octanol–water partition coefficient (Wildman–Crippen LogP) is 1.72. The molecular weight excluding hydrogens is 248 g/mol. The first-order chi connectivity index (χ1) is 9.04. The molecule has 0 aliphatic carbocycles. The molecule has 6 nitrogen and oxygen atoms in total. The third-order valence-electron chi connectivity index (χ3n) is 2.48. The molecule has 0 aliphatic heterocycles. The molecule has 0 saturated carbocycles. The summed E-state index contributed by atoms with van der Waals surface area (Å²) in [6.45, 7) is 2.35. The summed E-state index contributed by atoms with van der Waals surface area (Å²) in [7, 11) is 0. The molecule has 0 unspecified atom stereocenters. The zero-order valence-electron chi connectivity index (χ0n) is 10.8. The Kier molecular flexibility index (Phi) is 5.66. The standard InChI is InChI=1S/C13H18N2O4/c1-2-3-6-19-12(16)8-15-11-7-9(13(17)18)4-5-10(11)14/h4-5,7,15H,2-3,6,8,14H2,1H3,(H,17,18). The van der Waals surface area contributed by atoms with Crippen molar-refractivity contribution >= 4 is 23.3 Å². The van der Waals surface area contributed by atoms with Gasteiger partial charge in [-0.1, -0.05) is 13.3 Å². The van der Waals surface area contributed by atoms with Crippen LogP contribution >= 0.6 is 0 Å².